The van der Waals surface area contributed by atoms with Gasteiger partial charge in [-0.05, 0) is 84.1 Å². The molecule has 0 amide bonds. The van der Waals surface area contributed by atoms with Gasteiger partial charge in [-0.15, -0.1) is 0 Å². The van der Waals surface area contributed by atoms with Gasteiger partial charge in [-0.25, -0.2) is 8.78 Å². The second-order valence-corrected chi connectivity index (χ2v) is 12.0. The molecule has 2 saturated carbocycles. The van der Waals surface area contributed by atoms with E-state index >= 15 is 0 Å². The second kappa shape index (κ2) is 6.62. The molecule has 6 rings (SSSR count). The first-order valence-electron chi connectivity index (χ1n) is 12.3. The van der Waals surface area contributed by atoms with Crippen LogP contribution in [0.4, 0.5) is 8.78 Å². The van der Waals surface area contributed by atoms with Gasteiger partial charge in [-0.2, -0.15) is 0 Å². The van der Waals surface area contributed by atoms with Crippen molar-refractivity contribution in [1.29, 1.82) is 0 Å². The highest BCUT2D eigenvalue weighted by Crippen LogP contribution is 2.66. The fourth-order valence-electron chi connectivity index (χ4n) is 7.26. The average molecular weight is 438 g/mol. The zero-order valence-corrected chi connectivity index (χ0v) is 19.7. The third-order valence-electron chi connectivity index (χ3n) is 8.39. The predicted octanol–water partition coefficient (Wildman–Crippen LogP) is 7.38. The van der Waals surface area contributed by atoms with E-state index in [0.717, 1.165) is 49.4 Å². The number of fused-ring (bicyclic) bond motifs is 5. The molecule has 170 valence electrons. The lowest BCUT2D eigenvalue weighted by Gasteiger charge is -2.40. The molecule has 2 aromatic rings. The summed E-state index contributed by atoms with van der Waals surface area (Å²) in [5, 5.41) is 0. The van der Waals surface area contributed by atoms with E-state index in [1.54, 1.807) is 0 Å². The van der Waals surface area contributed by atoms with Gasteiger partial charge in [0.05, 0.1) is 5.60 Å². The Kier molecular flexibility index (Phi) is 4.30. The lowest BCUT2D eigenvalue weighted by molar-refractivity contribution is -0.0573. The number of ether oxygens (including phenoxy) is 1. The average Bonchev–Trinajstić information content (AvgIpc) is 3.16. The van der Waals surface area contributed by atoms with Gasteiger partial charge in [0.15, 0.2) is 0 Å². The first-order chi connectivity index (χ1) is 15.1. The lowest BCUT2D eigenvalue weighted by atomic mass is 9.65. The number of pyridine rings is 1. The molecule has 1 atom stereocenters. The highest BCUT2D eigenvalue weighted by atomic mass is 19.1. The van der Waals surface area contributed by atoms with E-state index in [2.05, 4.69) is 27.7 Å². The van der Waals surface area contributed by atoms with E-state index in [1.807, 2.05) is 0 Å². The van der Waals surface area contributed by atoms with Crippen LogP contribution in [0.3, 0.4) is 0 Å². The van der Waals surface area contributed by atoms with Crippen LogP contribution < -0.4 is 0 Å². The van der Waals surface area contributed by atoms with Gasteiger partial charge in [0.2, 0.25) is 0 Å². The quantitative estimate of drug-likeness (QED) is 0.489. The number of benzene rings is 1. The van der Waals surface area contributed by atoms with Crippen LogP contribution >= 0.6 is 0 Å². The minimum Gasteiger partial charge on any atom is -0.358 e. The molecule has 2 fully saturated rings. The minimum absolute atomic E-state index is 0.213. The number of nitrogens with zero attached hydrogens (tertiary/aromatic N) is 1. The van der Waals surface area contributed by atoms with Crippen LogP contribution in [0.2, 0.25) is 0 Å². The first-order valence-corrected chi connectivity index (χ1v) is 12.3. The van der Waals surface area contributed by atoms with Gasteiger partial charge in [-0.3, -0.25) is 4.98 Å². The molecule has 2 nitrogen and oxygen atoms in total. The van der Waals surface area contributed by atoms with Gasteiger partial charge in [0, 0.05) is 23.0 Å². The van der Waals surface area contributed by atoms with Crippen molar-refractivity contribution in [2.24, 2.45) is 5.41 Å². The van der Waals surface area contributed by atoms with Crippen molar-refractivity contribution < 1.29 is 13.5 Å². The monoisotopic (exact) mass is 437 g/mol. The molecule has 3 aliphatic carbocycles. The van der Waals surface area contributed by atoms with Crippen molar-refractivity contribution >= 4 is 0 Å². The maximum atomic E-state index is 14.3. The van der Waals surface area contributed by atoms with Crippen LogP contribution in [-0.4, -0.2) is 4.98 Å². The third-order valence-corrected chi connectivity index (χ3v) is 8.39. The zero-order valence-electron chi connectivity index (χ0n) is 19.7. The fourth-order valence-corrected chi connectivity index (χ4v) is 7.26. The summed E-state index contributed by atoms with van der Waals surface area (Å²) in [6, 6.07) is 3.84. The van der Waals surface area contributed by atoms with E-state index in [1.165, 1.54) is 48.2 Å². The summed E-state index contributed by atoms with van der Waals surface area (Å²) in [6.07, 6.45) is 8.41. The minimum atomic E-state index is -0.546. The Hall–Kier alpha value is -1.81. The topological polar surface area (TPSA) is 22.1 Å². The number of hydrogen-bond donors (Lipinski definition) is 0. The summed E-state index contributed by atoms with van der Waals surface area (Å²) >= 11 is 0. The molecule has 2 spiro atoms. The first kappa shape index (κ1) is 20.8. The van der Waals surface area contributed by atoms with Crippen LogP contribution in [0, 0.1) is 17.0 Å². The molecule has 4 heteroatoms. The fraction of sp³-hybridized carbons (Fsp3) is 0.607. The Bertz CT molecular complexity index is 1090. The van der Waals surface area contributed by atoms with Gasteiger partial charge in [0.1, 0.15) is 17.7 Å². The Morgan fingerprint density at radius 3 is 2.22 bits per heavy atom. The van der Waals surface area contributed by atoms with E-state index in [9.17, 15) is 8.78 Å². The Morgan fingerprint density at radius 1 is 0.969 bits per heavy atom. The molecule has 1 aliphatic heterocycles. The van der Waals surface area contributed by atoms with Crippen molar-refractivity contribution in [2.45, 2.75) is 102 Å². The van der Waals surface area contributed by atoms with Gasteiger partial charge in [-0.1, -0.05) is 40.5 Å². The van der Waals surface area contributed by atoms with E-state index in [0.29, 0.717) is 5.56 Å². The maximum absolute atomic E-state index is 14.3. The van der Waals surface area contributed by atoms with Gasteiger partial charge < -0.3 is 4.74 Å². The van der Waals surface area contributed by atoms with Crippen LogP contribution in [0.1, 0.15) is 118 Å². The molecular formula is C28H33F2NO. The molecule has 0 unspecified atom stereocenters. The highest BCUT2D eigenvalue weighted by molar-refractivity contribution is 5.58. The Morgan fingerprint density at radius 2 is 1.62 bits per heavy atom. The summed E-state index contributed by atoms with van der Waals surface area (Å²) in [6.45, 7) is 9.11. The molecular weight excluding hydrogens is 404 g/mol. The van der Waals surface area contributed by atoms with Crippen LogP contribution in [0.5, 0.6) is 0 Å². The molecule has 0 saturated heterocycles. The lowest BCUT2D eigenvalue weighted by Crippen LogP contribution is -2.35. The molecule has 1 aromatic carbocycles. The Balaban J connectivity index is 1.66. The number of hydrogen-bond acceptors (Lipinski definition) is 2. The van der Waals surface area contributed by atoms with Crippen molar-refractivity contribution in [2.75, 3.05) is 0 Å². The summed E-state index contributed by atoms with van der Waals surface area (Å²) in [4.78, 5) is 5.32. The molecule has 1 aromatic heterocycles. The summed E-state index contributed by atoms with van der Waals surface area (Å²) in [7, 11) is 0. The van der Waals surface area contributed by atoms with Crippen LogP contribution in [0.15, 0.2) is 18.2 Å². The summed E-state index contributed by atoms with van der Waals surface area (Å²) in [5.41, 5.74) is 6.97. The summed E-state index contributed by atoms with van der Waals surface area (Å²) in [5.74, 6) is -0.875. The molecule has 0 radical (unpaired) electrons. The van der Waals surface area contributed by atoms with Crippen LogP contribution in [-0.2, 0) is 22.2 Å². The maximum Gasteiger partial charge on any atom is 0.126 e. The predicted molar refractivity (Wildman–Crippen MR) is 121 cm³/mol. The van der Waals surface area contributed by atoms with Gasteiger partial charge in [0.25, 0.3) is 0 Å². The molecule has 0 bridgehead atoms. The number of rotatable bonds is 2. The third kappa shape index (κ3) is 2.94. The standard InChI is InChI=1S/C28H33F2NO/c1-16(2)24-21-23(22-20(31-24)14-26(3,4)15-27(22)9-10-27)28(7-5-6-8-28)32-25(21)17-11-18(29)13-19(30)12-17/h11-13,16,25H,5-10,14-15H2,1-4H3/t25-/m1/s1. The second-order valence-electron chi connectivity index (χ2n) is 12.0. The number of halogens is 2. The van der Waals surface area contributed by atoms with Gasteiger partial charge >= 0.3 is 0 Å². The molecule has 32 heavy (non-hydrogen) atoms. The highest BCUT2D eigenvalue weighted by Gasteiger charge is 2.59. The largest absolute Gasteiger partial charge is 0.358 e. The smallest absolute Gasteiger partial charge is 0.126 e. The van der Waals surface area contributed by atoms with E-state index in [4.69, 9.17) is 9.72 Å². The Labute approximate surface area is 189 Å². The van der Waals surface area contributed by atoms with Crippen molar-refractivity contribution in [1.82, 2.24) is 4.98 Å². The van der Waals surface area contributed by atoms with E-state index in [-0.39, 0.29) is 22.3 Å². The van der Waals surface area contributed by atoms with Crippen molar-refractivity contribution in [3.8, 4) is 0 Å². The van der Waals surface area contributed by atoms with E-state index < -0.39 is 17.7 Å². The summed E-state index contributed by atoms with van der Waals surface area (Å²) < 4.78 is 35.5. The van der Waals surface area contributed by atoms with Crippen molar-refractivity contribution in [3.63, 3.8) is 0 Å². The van der Waals surface area contributed by atoms with Crippen LogP contribution in [0.25, 0.3) is 0 Å². The molecule has 4 aliphatic rings. The van der Waals surface area contributed by atoms with Crippen molar-refractivity contribution in [3.05, 3.63) is 63.5 Å². The molecule has 0 N–H and O–H groups in total. The SMILES string of the molecule is CC(C)c1nc2c(c3c1[C@@H](c1cc(F)cc(F)c1)OC31CCCC1)C1(CC1)CC(C)(C)C2. The zero-order chi connectivity index (χ0) is 22.5. The number of aromatic nitrogens is 1. The normalized spacial score (nSPS) is 26.0. The molecule has 2 heterocycles.